The van der Waals surface area contributed by atoms with Crippen LogP contribution in [0.15, 0.2) is 37.1 Å². The van der Waals surface area contributed by atoms with Crippen molar-refractivity contribution in [1.82, 2.24) is 29.0 Å². The quantitative estimate of drug-likeness (QED) is 0.515. The topological polar surface area (TPSA) is 108 Å². The van der Waals surface area contributed by atoms with Gasteiger partial charge in [0.1, 0.15) is 11.9 Å². The van der Waals surface area contributed by atoms with Crippen molar-refractivity contribution >= 4 is 23.0 Å². The summed E-state index contributed by atoms with van der Waals surface area (Å²) in [5.41, 5.74) is 2.26. The van der Waals surface area contributed by atoms with Gasteiger partial charge in [-0.25, -0.2) is 4.98 Å². The highest BCUT2D eigenvalue weighted by Gasteiger charge is 2.61. The predicted molar refractivity (Wildman–Crippen MR) is 115 cm³/mol. The molecule has 32 heavy (non-hydrogen) atoms. The van der Waals surface area contributed by atoms with E-state index in [-0.39, 0.29) is 28.9 Å². The van der Waals surface area contributed by atoms with E-state index in [1.165, 1.54) is 0 Å². The average Bonchev–Trinajstić information content (AvgIpc) is 3.48. The van der Waals surface area contributed by atoms with Gasteiger partial charge in [-0.1, -0.05) is 0 Å². The van der Waals surface area contributed by atoms with E-state index in [1.807, 2.05) is 32.3 Å². The molecule has 0 atom stereocenters. The van der Waals surface area contributed by atoms with Gasteiger partial charge in [-0.3, -0.25) is 13.6 Å². The van der Waals surface area contributed by atoms with Crippen LogP contribution in [0.3, 0.4) is 0 Å². The van der Waals surface area contributed by atoms with E-state index in [2.05, 4.69) is 27.4 Å². The Labute approximate surface area is 183 Å². The van der Waals surface area contributed by atoms with Crippen LogP contribution in [-0.2, 0) is 10.2 Å². The molecular formula is C22H23N7O3. The van der Waals surface area contributed by atoms with Crippen molar-refractivity contribution in [3.8, 4) is 5.88 Å². The molecular weight excluding hydrogens is 410 g/mol. The van der Waals surface area contributed by atoms with E-state index in [0.717, 1.165) is 18.5 Å². The number of ether oxygens (including phenoxy) is 2. The number of rotatable bonds is 5. The monoisotopic (exact) mass is 433 g/mol. The molecule has 1 N–H and O–H groups in total. The maximum atomic E-state index is 13.3. The third-order valence-electron chi connectivity index (χ3n) is 6.24. The highest BCUT2D eigenvalue weighted by Crippen LogP contribution is 2.58. The summed E-state index contributed by atoms with van der Waals surface area (Å²) in [7, 11) is 0. The molecule has 4 aromatic heterocycles. The average molecular weight is 433 g/mol. The molecule has 0 spiro atoms. The summed E-state index contributed by atoms with van der Waals surface area (Å²) in [6.07, 6.45) is 8.82. The Morgan fingerprint density at radius 3 is 2.84 bits per heavy atom. The van der Waals surface area contributed by atoms with Gasteiger partial charge in [0.2, 0.25) is 11.7 Å². The van der Waals surface area contributed by atoms with Crippen molar-refractivity contribution < 1.29 is 14.3 Å². The van der Waals surface area contributed by atoms with Gasteiger partial charge in [0, 0.05) is 24.0 Å². The van der Waals surface area contributed by atoms with Crippen molar-refractivity contribution in [2.45, 2.75) is 50.7 Å². The maximum Gasteiger partial charge on any atom is 0.262 e. The minimum atomic E-state index is -0.347. The molecule has 164 valence electrons. The molecule has 1 amide bonds. The molecule has 10 nitrogen and oxygen atoms in total. The summed E-state index contributed by atoms with van der Waals surface area (Å²) >= 11 is 0. The predicted octanol–water partition coefficient (Wildman–Crippen LogP) is 2.63. The van der Waals surface area contributed by atoms with E-state index < -0.39 is 0 Å². The summed E-state index contributed by atoms with van der Waals surface area (Å²) in [4.78, 5) is 22.6. The van der Waals surface area contributed by atoms with Crippen LogP contribution in [-0.4, -0.2) is 53.2 Å². The molecule has 1 aliphatic carbocycles. The van der Waals surface area contributed by atoms with Gasteiger partial charge >= 0.3 is 0 Å². The van der Waals surface area contributed by atoms with Gasteiger partial charge in [-0.05, 0) is 45.7 Å². The highest BCUT2D eigenvalue weighted by molar-refractivity contribution is 6.07. The number of hydrogen-bond donors (Lipinski definition) is 1. The van der Waals surface area contributed by atoms with Gasteiger partial charge < -0.3 is 14.8 Å². The largest absolute Gasteiger partial charge is 0.474 e. The summed E-state index contributed by atoms with van der Waals surface area (Å²) in [6, 6.07) is 3.59. The molecule has 2 saturated heterocycles. The van der Waals surface area contributed by atoms with Crippen LogP contribution in [0, 0.1) is 0 Å². The number of anilines is 1. The minimum absolute atomic E-state index is 0.0388. The Hall–Kier alpha value is -3.53. The van der Waals surface area contributed by atoms with Gasteiger partial charge in [0.25, 0.3) is 5.91 Å². The SMILES string of the molecule is CC(C)Oc1nc2nc(C34COC(C)(C3)C4)cn2cc1C(=O)Nc1cccn2cnnc12. The number of nitrogens with one attached hydrogen (secondary N) is 1. The number of amides is 1. The molecule has 2 aliphatic heterocycles. The van der Waals surface area contributed by atoms with Crippen LogP contribution in [0.2, 0.25) is 0 Å². The molecule has 3 aliphatic rings. The Bertz CT molecular complexity index is 1370. The second-order valence-electron chi connectivity index (χ2n) is 9.27. The zero-order valence-corrected chi connectivity index (χ0v) is 18.1. The minimum Gasteiger partial charge on any atom is -0.474 e. The number of hydrogen-bond acceptors (Lipinski definition) is 7. The Balaban J connectivity index is 1.39. The Kier molecular flexibility index (Phi) is 3.89. The molecule has 10 heteroatoms. The van der Waals surface area contributed by atoms with Crippen molar-refractivity contribution in [2.24, 2.45) is 0 Å². The zero-order valence-electron chi connectivity index (χ0n) is 18.1. The third kappa shape index (κ3) is 2.86. The molecule has 6 heterocycles. The normalized spacial score (nSPS) is 24.2. The van der Waals surface area contributed by atoms with Crippen molar-refractivity contribution in [3.05, 3.63) is 48.3 Å². The lowest BCUT2D eigenvalue weighted by molar-refractivity contribution is 0.0154. The number of nitrogens with zero attached hydrogens (tertiary/aromatic N) is 6. The van der Waals surface area contributed by atoms with Gasteiger partial charge in [-0.15, -0.1) is 10.2 Å². The Morgan fingerprint density at radius 2 is 2.09 bits per heavy atom. The van der Waals surface area contributed by atoms with Gasteiger partial charge in [0.15, 0.2) is 5.65 Å². The highest BCUT2D eigenvalue weighted by atomic mass is 16.5. The van der Waals surface area contributed by atoms with E-state index in [1.54, 1.807) is 27.4 Å². The van der Waals surface area contributed by atoms with E-state index >= 15 is 0 Å². The fourth-order valence-corrected chi connectivity index (χ4v) is 4.92. The van der Waals surface area contributed by atoms with Crippen LogP contribution in [0.25, 0.3) is 11.4 Å². The lowest BCUT2D eigenvalue weighted by atomic mass is 9.62. The number of imidazole rings is 1. The van der Waals surface area contributed by atoms with Crippen LogP contribution in [0.1, 0.15) is 49.7 Å². The smallest absolute Gasteiger partial charge is 0.262 e. The van der Waals surface area contributed by atoms with Crippen molar-refractivity contribution in [1.29, 1.82) is 0 Å². The lowest BCUT2D eigenvalue weighted by Crippen LogP contribution is -2.45. The van der Waals surface area contributed by atoms with Crippen LogP contribution >= 0.6 is 0 Å². The van der Waals surface area contributed by atoms with E-state index in [4.69, 9.17) is 14.5 Å². The molecule has 2 bridgehead atoms. The fraction of sp³-hybridized carbons (Fsp3) is 0.409. The van der Waals surface area contributed by atoms with Crippen molar-refractivity contribution in [2.75, 3.05) is 11.9 Å². The van der Waals surface area contributed by atoms with E-state index in [0.29, 0.717) is 29.3 Å². The third-order valence-corrected chi connectivity index (χ3v) is 6.24. The van der Waals surface area contributed by atoms with Crippen LogP contribution in [0.4, 0.5) is 5.69 Å². The first-order valence-corrected chi connectivity index (χ1v) is 10.6. The maximum absolute atomic E-state index is 13.3. The standard InChI is InChI=1S/C22H23N7O3/c1-13(2)32-19-14(18(30)24-15-5-4-6-28-12-23-27-17(15)28)7-29-8-16(25-20(29)26-19)22-9-21(3,10-22)31-11-22/h4-8,12-13H,9-11H2,1-3H3,(H,24,30). The number of pyridine rings is 1. The first-order valence-electron chi connectivity index (χ1n) is 10.6. The van der Waals surface area contributed by atoms with Crippen molar-refractivity contribution in [3.63, 3.8) is 0 Å². The number of aromatic nitrogens is 6. The molecule has 0 unspecified atom stereocenters. The number of carbonyl (C=O) groups is 1. The summed E-state index contributed by atoms with van der Waals surface area (Å²) < 4.78 is 15.3. The molecule has 4 aromatic rings. The van der Waals surface area contributed by atoms with E-state index in [9.17, 15) is 4.79 Å². The first kappa shape index (κ1) is 19.2. The summed E-state index contributed by atoms with van der Waals surface area (Å²) in [6.45, 7) is 6.59. The lowest BCUT2D eigenvalue weighted by Gasteiger charge is -2.41. The van der Waals surface area contributed by atoms with Gasteiger partial charge in [-0.2, -0.15) is 4.98 Å². The second-order valence-corrected chi connectivity index (χ2v) is 9.27. The molecule has 3 fully saturated rings. The first-order chi connectivity index (χ1) is 15.3. The van der Waals surface area contributed by atoms with Crippen LogP contribution in [0.5, 0.6) is 5.88 Å². The number of carbonyl (C=O) groups excluding carboxylic acids is 1. The fourth-order valence-electron chi connectivity index (χ4n) is 4.92. The van der Waals surface area contributed by atoms with Gasteiger partial charge in [0.05, 0.1) is 29.7 Å². The zero-order chi connectivity index (χ0) is 22.1. The Morgan fingerprint density at radius 1 is 1.25 bits per heavy atom. The molecule has 1 saturated carbocycles. The number of fused-ring (bicyclic) bond motifs is 3. The molecule has 7 rings (SSSR count). The summed E-state index contributed by atoms with van der Waals surface area (Å²) in [5, 5.41) is 10.9. The summed E-state index contributed by atoms with van der Waals surface area (Å²) in [5.74, 6) is 0.399. The molecule has 0 radical (unpaired) electrons. The second kappa shape index (κ2) is 6.49. The molecule has 0 aromatic carbocycles. The van der Waals surface area contributed by atoms with Crippen LogP contribution < -0.4 is 10.1 Å².